The number of fused-ring (bicyclic) bond motifs is 1. The number of carbonyl (C=O) groups excluding carboxylic acids is 1. The zero-order valence-corrected chi connectivity index (χ0v) is 15.6. The van der Waals surface area contributed by atoms with Crippen molar-refractivity contribution in [2.24, 2.45) is 5.10 Å². The lowest BCUT2D eigenvalue weighted by atomic mass is 10.1. The first-order valence-electron chi connectivity index (χ1n) is 7.74. The van der Waals surface area contributed by atoms with Gasteiger partial charge in [-0.3, -0.25) is 4.79 Å². The lowest BCUT2D eigenvalue weighted by Crippen LogP contribution is -2.24. The number of hydrogen-bond acceptors (Lipinski definition) is 5. The van der Waals surface area contributed by atoms with Gasteiger partial charge in [0.05, 0.1) is 11.2 Å². The lowest BCUT2D eigenvalue weighted by molar-refractivity contribution is -0.123. The number of nitrogens with one attached hydrogen (secondary N) is 1. The first-order chi connectivity index (χ1) is 12.4. The number of nitrogens with zero attached hydrogens (tertiary/aromatic N) is 1. The van der Waals surface area contributed by atoms with Crippen LogP contribution in [0.3, 0.4) is 0 Å². The molecule has 2 aromatic rings. The van der Waals surface area contributed by atoms with Gasteiger partial charge in [-0.05, 0) is 43.2 Å². The van der Waals surface area contributed by atoms with E-state index in [9.17, 15) is 4.79 Å². The third-order valence-electron chi connectivity index (χ3n) is 3.66. The van der Waals surface area contributed by atoms with Crippen LogP contribution in [0.25, 0.3) is 0 Å². The molecule has 0 saturated carbocycles. The number of amides is 1. The summed E-state index contributed by atoms with van der Waals surface area (Å²) in [5.41, 5.74) is 4.76. The number of benzene rings is 2. The highest BCUT2D eigenvalue weighted by atomic mass is 35.5. The molecule has 0 atom stereocenters. The van der Waals surface area contributed by atoms with Crippen molar-refractivity contribution in [1.82, 2.24) is 5.43 Å². The molecule has 6 nitrogen and oxygen atoms in total. The van der Waals surface area contributed by atoms with Gasteiger partial charge >= 0.3 is 0 Å². The highest BCUT2D eigenvalue weighted by Crippen LogP contribution is 2.36. The first kappa shape index (κ1) is 18.4. The minimum Gasteiger partial charge on any atom is -0.484 e. The third-order valence-corrected chi connectivity index (χ3v) is 4.59. The molecular weight excluding hydrogens is 379 g/mol. The molecule has 1 aliphatic heterocycles. The summed E-state index contributed by atoms with van der Waals surface area (Å²) in [7, 11) is 0. The number of hydrazone groups is 1. The fourth-order valence-electron chi connectivity index (χ4n) is 2.38. The van der Waals surface area contributed by atoms with Crippen LogP contribution in [0.5, 0.6) is 17.2 Å². The Morgan fingerprint density at radius 1 is 1.19 bits per heavy atom. The predicted molar refractivity (Wildman–Crippen MR) is 99.7 cm³/mol. The Morgan fingerprint density at radius 2 is 1.85 bits per heavy atom. The molecule has 3 rings (SSSR count). The van der Waals surface area contributed by atoms with Crippen molar-refractivity contribution < 1.29 is 19.0 Å². The maximum atomic E-state index is 11.9. The lowest BCUT2D eigenvalue weighted by Gasteiger charge is -2.09. The van der Waals surface area contributed by atoms with Crippen LogP contribution in [-0.2, 0) is 4.79 Å². The summed E-state index contributed by atoms with van der Waals surface area (Å²) in [4.78, 5) is 11.9. The average molecular weight is 395 g/mol. The second kappa shape index (κ2) is 7.85. The fourth-order valence-corrected chi connectivity index (χ4v) is 2.69. The van der Waals surface area contributed by atoms with Crippen molar-refractivity contribution in [3.8, 4) is 17.2 Å². The second-order valence-corrected chi connectivity index (χ2v) is 6.47. The Balaban J connectivity index is 1.55. The van der Waals surface area contributed by atoms with Gasteiger partial charge < -0.3 is 14.2 Å². The van der Waals surface area contributed by atoms with Crippen molar-refractivity contribution in [2.45, 2.75) is 13.8 Å². The molecule has 0 aliphatic carbocycles. The van der Waals surface area contributed by atoms with Crippen LogP contribution >= 0.6 is 23.2 Å². The number of aryl methyl sites for hydroxylation is 2. The van der Waals surface area contributed by atoms with E-state index in [1.807, 2.05) is 13.8 Å². The topological polar surface area (TPSA) is 69.2 Å². The maximum Gasteiger partial charge on any atom is 0.277 e. The molecule has 0 saturated heterocycles. The maximum absolute atomic E-state index is 11.9. The van der Waals surface area contributed by atoms with Crippen LogP contribution in [0.4, 0.5) is 0 Å². The number of rotatable bonds is 5. The molecule has 2 aromatic carbocycles. The number of hydrogen-bond donors (Lipinski definition) is 1. The van der Waals surface area contributed by atoms with Crippen LogP contribution in [-0.4, -0.2) is 25.5 Å². The van der Waals surface area contributed by atoms with Crippen molar-refractivity contribution in [1.29, 1.82) is 0 Å². The van der Waals surface area contributed by atoms with E-state index < -0.39 is 5.91 Å². The van der Waals surface area contributed by atoms with Gasteiger partial charge in [-0.2, -0.15) is 5.10 Å². The predicted octanol–water partition coefficient (Wildman–Crippen LogP) is 3.87. The molecule has 8 heteroatoms. The van der Waals surface area contributed by atoms with Crippen LogP contribution in [0, 0.1) is 13.8 Å². The van der Waals surface area contributed by atoms with Gasteiger partial charge in [0.15, 0.2) is 18.1 Å². The minimum atomic E-state index is -0.400. The molecule has 136 valence electrons. The number of halogens is 2. The number of ether oxygens (including phenoxy) is 3. The van der Waals surface area contributed by atoms with Crippen LogP contribution < -0.4 is 19.6 Å². The molecule has 0 radical (unpaired) electrons. The zero-order chi connectivity index (χ0) is 18.7. The van der Waals surface area contributed by atoms with E-state index in [1.54, 1.807) is 24.3 Å². The van der Waals surface area contributed by atoms with Crippen molar-refractivity contribution in [3.05, 3.63) is 51.0 Å². The molecule has 1 amide bonds. The van der Waals surface area contributed by atoms with E-state index in [2.05, 4.69) is 10.5 Å². The van der Waals surface area contributed by atoms with E-state index >= 15 is 0 Å². The number of carbonyl (C=O) groups is 1. The molecule has 26 heavy (non-hydrogen) atoms. The molecule has 0 bridgehead atoms. The second-order valence-electron chi connectivity index (χ2n) is 5.68. The Labute approximate surface area is 160 Å². The molecule has 0 aromatic heterocycles. The minimum absolute atomic E-state index is 0.157. The quantitative estimate of drug-likeness (QED) is 0.617. The molecule has 1 N–H and O–H groups in total. The van der Waals surface area contributed by atoms with Gasteiger partial charge in [0.25, 0.3) is 5.91 Å². The summed E-state index contributed by atoms with van der Waals surface area (Å²) in [6.07, 6.45) is 1.43. The van der Waals surface area contributed by atoms with Crippen LogP contribution in [0.2, 0.25) is 10.0 Å². The summed E-state index contributed by atoms with van der Waals surface area (Å²) in [5.74, 6) is 1.34. The molecule has 1 heterocycles. The summed E-state index contributed by atoms with van der Waals surface area (Å²) in [5, 5.41) is 5.01. The van der Waals surface area contributed by atoms with E-state index in [1.165, 1.54) is 6.21 Å². The molecule has 1 aliphatic rings. The van der Waals surface area contributed by atoms with Crippen molar-refractivity contribution in [2.75, 3.05) is 13.4 Å². The highest BCUT2D eigenvalue weighted by molar-refractivity contribution is 6.33. The molecule has 0 unspecified atom stereocenters. The molecule has 0 fully saturated rings. The zero-order valence-electron chi connectivity index (χ0n) is 14.1. The largest absolute Gasteiger partial charge is 0.484 e. The normalized spacial score (nSPS) is 12.5. The van der Waals surface area contributed by atoms with Crippen molar-refractivity contribution >= 4 is 35.3 Å². The van der Waals surface area contributed by atoms with E-state index in [4.69, 9.17) is 37.4 Å². The van der Waals surface area contributed by atoms with Crippen LogP contribution in [0.1, 0.15) is 16.7 Å². The highest BCUT2D eigenvalue weighted by Gasteiger charge is 2.15. The molecule has 0 spiro atoms. The Kier molecular flexibility index (Phi) is 5.54. The van der Waals surface area contributed by atoms with E-state index in [0.29, 0.717) is 32.9 Å². The van der Waals surface area contributed by atoms with E-state index in [-0.39, 0.29) is 13.4 Å². The fraction of sp³-hybridized carbons (Fsp3) is 0.222. The summed E-state index contributed by atoms with van der Waals surface area (Å²) < 4.78 is 16.0. The van der Waals surface area contributed by atoms with E-state index in [0.717, 1.165) is 11.1 Å². The van der Waals surface area contributed by atoms with Gasteiger partial charge in [-0.1, -0.05) is 23.2 Å². The Hall–Kier alpha value is -2.44. The van der Waals surface area contributed by atoms with Crippen LogP contribution in [0.15, 0.2) is 29.4 Å². The Morgan fingerprint density at radius 3 is 2.54 bits per heavy atom. The van der Waals surface area contributed by atoms with Gasteiger partial charge in [-0.25, -0.2) is 5.43 Å². The SMILES string of the molecule is Cc1cc(OCC(=O)NN=Cc2cc3c(cc2Cl)OCO3)cc(C)c1Cl. The van der Waals surface area contributed by atoms with Gasteiger partial charge in [-0.15, -0.1) is 0 Å². The Bertz CT molecular complexity index is 861. The van der Waals surface area contributed by atoms with Gasteiger partial charge in [0, 0.05) is 16.7 Å². The summed E-state index contributed by atoms with van der Waals surface area (Å²) in [6.45, 7) is 3.74. The van der Waals surface area contributed by atoms with Gasteiger partial charge in [0.1, 0.15) is 5.75 Å². The molecular formula is C18H16Cl2N2O4. The summed E-state index contributed by atoms with van der Waals surface area (Å²) >= 11 is 12.2. The standard InChI is InChI=1S/C18H16Cl2N2O4/c1-10-3-13(4-11(2)18(10)20)24-8-17(23)22-21-7-12-5-15-16(6-14(12)19)26-9-25-15/h3-7H,8-9H2,1-2H3,(H,22,23). The van der Waals surface area contributed by atoms with Gasteiger partial charge in [0.2, 0.25) is 6.79 Å². The third kappa shape index (κ3) is 4.20. The van der Waals surface area contributed by atoms with Crippen molar-refractivity contribution in [3.63, 3.8) is 0 Å². The average Bonchev–Trinajstić information content (AvgIpc) is 3.05. The summed E-state index contributed by atoms with van der Waals surface area (Å²) in [6, 6.07) is 6.88. The monoisotopic (exact) mass is 394 g/mol. The first-order valence-corrected chi connectivity index (χ1v) is 8.50. The smallest absolute Gasteiger partial charge is 0.277 e.